The number of carbonyl (C=O) groups excluding carboxylic acids is 1. The molecule has 0 spiro atoms. The first-order valence-corrected chi connectivity index (χ1v) is 12.3. The van der Waals surface area contributed by atoms with Crippen molar-refractivity contribution in [1.29, 1.82) is 0 Å². The van der Waals surface area contributed by atoms with Gasteiger partial charge in [0.15, 0.2) is 6.16 Å². The minimum absolute atomic E-state index is 0.0152. The molecule has 0 aliphatic carbocycles. The number of alkyl halides is 3. The van der Waals surface area contributed by atoms with Crippen LogP contribution < -0.4 is 20.7 Å². The Balaban J connectivity index is 1.78. The molecule has 4 aromatic carbocycles. The molecular weight excluding hydrogens is 444 g/mol. The van der Waals surface area contributed by atoms with Crippen LogP contribution >= 0.6 is 7.26 Å². The van der Waals surface area contributed by atoms with Crippen LogP contribution in [0.2, 0.25) is 0 Å². The zero-order valence-electron chi connectivity index (χ0n) is 17.6. The van der Waals surface area contributed by atoms with Gasteiger partial charge in [0, 0.05) is 0 Å². The van der Waals surface area contributed by atoms with Gasteiger partial charge in [-0.3, -0.25) is 0 Å². The Labute approximate surface area is 191 Å². The molecule has 0 atom stereocenters. The van der Waals surface area contributed by atoms with Gasteiger partial charge < -0.3 is 4.74 Å². The zero-order chi connectivity index (χ0) is 23.3. The summed E-state index contributed by atoms with van der Waals surface area (Å²) in [6, 6.07) is 33.6. The first kappa shape index (κ1) is 22.8. The number of esters is 1. The predicted molar refractivity (Wildman–Crippen MR) is 127 cm³/mol. The van der Waals surface area contributed by atoms with Crippen LogP contribution in [0.4, 0.5) is 13.2 Å². The third-order valence-corrected chi connectivity index (χ3v) is 9.62. The molecule has 4 rings (SSSR count). The van der Waals surface area contributed by atoms with E-state index in [2.05, 4.69) is 0 Å². The van der Waals surface area contributed by atoms with E-state index < -0.39 is 25.0 Å². The molecule has 0 saturated carbocycles. The van der Waals surface area contributed by atoms with Crippen molar-refractivity contribution in [3.05, 3.63) is 121 Å². The Bertz CT molecular complexity index is 1110. The molecule has 166 valence electrons. The van der Waals surface area contributed by atoms with Gasteiger partial charge in [-0.1, -0.05) is 60.7 Å². The molecule has 0 unspecified atom stereocenters. The molecule has 33 heavy (non-hydrogen) atoms. The second kappa shape index (κ2) is 9.60. The van der Waals surface area contributed by atoms with Crippen molar-refractivity contribution in [3.8, 4) is 5.75 Å². The maximum absolute atomic E-state index is 13.2. The zero-order valence-corrected chi connectivity index (χ0v) is 18.5. The lowest BCUT2D eigenvalue weighted by Crippen LogP contribution is -2.36. The number of hydrogen-bond donors (Lipinski definition) is 0. The van der Waals surface area contributed by atoms with Gasteiger partial charge in [0.1, 0.15) is 28.9 Å². The first-order valence-electron chi connectivity index (χ1n) is 10.3. The lowest BCUT2D eigenvalue weighted by molar-refractivity contribution is -0.138. The highest BCUT2D eigenvalue weighted by molar-refractivity contribution is 7.96. The molecule has 0 aliphatic heterocycles. The van der Waals surface area contributed by atoms with Gasteiger partial charge in [-0.05, 0) is 54.6 Å². The van der Waals surface area contributed by atoms with Crippen molar-refractivity contribution in [1.82, 2.24) is 0 Å². The maximum Gasteiger partial charge on any atom is 0.416 e. The fourth-order valence-corrected chi connectivity index (χ4v) is 7.80. The van der Waals surface area contributed by atoms with E-state index in [1.165, 1.54) is 12.1 Å². The van der Waals surface area contributed by atoms with Gasteiger partial charge in [-0.2, -0.15) is 13.2 Å². The minimum atomic E-state index is -4.52. The second-order valence-corrected chi connectivity index (χ2v) is 11.0. The van der Waals surface area contributed by atoms with E-state index in [0.29, 0.717) is 0 Å². The summed E-state index contributed by atoms with van der Waals surface area (Å²) in [5, 5.41) is 2.97. The molecule has 0 amide bonds. The Morgan fingerprint density at radius 2 is 1.12 bits per heavy atom. The number of ether oxygens (including phenoxy) is 1. The number of hydrogen-bond acceptors (Lipinski definition) is 2. The normalized spacial score (nSPS) is 11.7. The van der Waals surface area contributed by atoms with Gasteiger partial charge >= 0.3 is 12.1 Å². The molecule has 0 bridgehead atoms. The largest absolute Gasteiger partial charge is 0.424 e. The van der Waals surface area contributed by atoms with Crippen molar-refractivity contribution in [3.63, 3.8) is 0 Å². The standard InChI is InChI=1S/C27H21F3O2P/c28-27(29,30)21-11-10-12-22(19-21)32-26(31)20-33(23-13-4-1-5-14-23,24-15-6-2-7-16-24)25-17-8-3-9-18-25/h1-19H,20H2/q+1. The van der Waals surface area contributed by atoms with Crippen LogP contribution in [-0.2, 0) is 11.0 Å². The molecule has 0 aromatic heterocycles. The fourth-order valence-electron chi connectivity index (χ4n) is 3.86. The van der Waals surface area contributed by atoms with Crippen molar-refractivity contribution in [2.24, 2.45) is 0 Å². The molecule has 6 heteroatoms. The first-order chi connectivity index (χ1) is 15.9. The molecular formula is C27H21F3O2P+. The summed E-state index contributed by atoms with van der Waals surface area (Å²) >= 11 is 0. The predicted octanol–water partition coefficient (Wildman–Crippen LogP) is 5.60. The van der Waals surface area contributed by atoms with E-state index in [1.807, 2.05) is 91.0 Å². The van der Waals surface area contributed by atoms with Gasteiger partial charge in [-0.15, -0.1) is 0 Å². The molecule has 4 aromatic rings. The smallest absolute Gasteiger partial charge is 0.416 e. The molecule has 0 radical (unpaired) electrons. The van der Waals surface area contributed by atoms with Crippen LogP contribution in [0, 0.1) is 0 Å². The van der Waals surface area contributed by atoms with Crippen LogP contribution in [0.3, 0.4) is 0 Å². The van der Waals surface area contributed by atoms with Gasteiger partial charge in [0.05, 0.1) is 5.56 Å². The molecule has 0 fully saturated rings. The average molecular weight is 465 g/mol. The van der Waals surface area contributed by atoms with E-state index in [9.17, 15) is 18.0 Å². The Morgan fingerprint density at radius 3 is 1.55 bits per heavy atom. The topological polar surface area (TPSA) is 26.3 Å². The van der Waals surface area contributed by atoms with Crippen LogP contribution in [-0.4, -0.2) is 12.1 Å². The van der Waals surface area contributed by atoms with Gasteiger partial charge in [0.25, 0.3) is 0 Å². The third kappa shape index (κ3) is 4.99. The Kier molecular flexibility index (Phi) is 6.62. The maximum atomic E-state index is 13.2. The summed E-state index contributed by atoms with van der Waals surface area (Å²) < 4.78 is 44.8. The van der Waals surface area contributed by atoms with Crippen LogP contribution in [0.25, 0.3) is 0 Å². The SMILES string of the molecule is O=C(C[P+](c1ccccc1)(c1ccccc1)c1ccccc1)Oc1cccc(C(F)(F)F)c1. The highest BCUT2D eigenvalue weighted by Crippen LogP contribution is 2.55. The van der Waals surface area contributed by atoms with E-state index in [4.69, 9.17) is 4.74 Å². The summed E-state index contributed by atoms with van der Waals surface area (Å²) in [6.07, 6.45) is -4.50. The number of halogens is 3. The summed E-state index contributed by atoms with van der Waals surface area (Å²) in [6.45, 7) is 0. The lowest BCUT2D eigenvalue weighted by atomic mass is 10.2. The summed E-state index contributed by atoms with van der Waals surface area (Å²) in [4.78, 5) is 13.2. The summed E-state index contributed by atoms with van der Waals surface area (Å²) in [7, 11) is -2.49. The van der Waals surface area contributed by atoms with Crippen LogP contribution in [0.5, 0.6) is 5.75 Å². The fraction of sp³-hybridized carbons (Fsp3) is 0.0741. The molecule has 0 aliphatic rings. The summed E-state index contributed by atoms with van der Waals surface area (Å²) in [5.74, 6) is -0.707. The monoisotopic (exact) mass is 465 g/mol. The van der Waals surface area contributed by atoms with Crippen molar-refractivity contribution in [2.45, 2.75) is 6.18 Å². The quantitative estimate of drug-likeness (QED) is 0.210. The molecule has 0 saturated heterocycles. The van der Waals surface area contributed by atoms with Crippen molar-refractivity contribution < 1.29 is 22.7 Å². The van der Waals surface area contributed by atoms with Crippen LogP contribution in [0.1, 0.15) is 5.56 Å². The van der Waals surface area contributed by atoms with Gasteiger partial charge in [-0.25, -0.2) is 4.79 Å². The second-order valence-electron chi connectivity index (χ2n) is 7.47. The molecule has 0 N–H and O–H groups in total. The molecule has 2 nitrogen and oxygen atoms in total. The van der Waals surface area contributed by atoms with E-state index in [0.717, 1.165) is 28.0 Å². The highest BCUT2D eigenvalue weighted by Gasteiger charge is 2.48. The van der Waals surface area contributed by atoms with Crippen LogP contribution in [0.15, 0.2) is 115 Å². The van der Waals surface area contributed by atoms with E-state index in [-0.39, 0.29) is 11.9 Å². The third-order valence-electron chi connectivity index (χ3n) is 5.35. The highest BCUT2D eigenvalue weighted by atomic mass is 31.2. The number of carbonyl (C=O) groups is 1. The summed E-state index contributed by atoms with van der Waals surface area (Å²) in [5.41, 5.74) is -0.858. The van der Waals surface area contributed by atoms with Crippen molar-refractivity contribution >= 4 is 29.1 Å². The number of rotatable bonds is 6. The van der Waals surface area contributed by atoms with E-state index in [1.54, 1.807) is 0 Å². The lowest BCUT2D eigenvalue weighted by Gasteiger charge is -2.26. The Morgan fingerprint density at radius 1 is 0.667 bits per heavy atom. The van der Waals surface area contributed by atoms with Crippen molar-refractivity contribution in [2.75, 3.05) is 6.16 Å². The minimum Gasteiger partial charge on any atom is -0.424 e. The molecule has 0 heterocycles. The Hall–Kier alpha value is -3.43. The van der Waals surface area contributed by atoms with Gasteiger partial charge in [0.2, 0.25) is 0 Å². The van der Waals surface area contributed by atoms with E-state index >= 15 is 0 Å². The average Bonchev–Trinajstić information content (AvgIpc) is 2.84. The number of benzene rings is 4.